The van der Waals surface area contributed by atoms with Crippen LogP contribution >= 0.6 is 0 Å². The summed E-state index contributed by atoms with van der Waals surface area (Å²) in [4.78, 5) is 22.6. The molecule has 130 valence electrons. The zero-order valence-corrected chi connectivity index (χ0v) is 14.0. The average molecular weight is 343 g/mol. The Morgan fingerprint density at radius 2 is 1.72 bits per heavy atom. The third-order valence-corrected chi connectivity index (χ3v) is 3.47. The highest BCUT2D eigenvalue weighted by Gasteiger charge is 2.16. The van der Waals surface area contributed by atoms with E-state index in [4.69, 9.17) is 9.47 Å². The number of benzene rings is 2. The van der Waals surface area contributed by atoms with Gasteiger partial charge in [0.1, 0.15) is 5.75 Å². The number of carbonyl (C=O) groups excluding carboxylic acids is 1. The van der Waals surface area contributed by atoms with Gasteiger partial charge in [0.15, 0.2) is 5.75 Å². The van der Waals surface area contributed by atoms with Crippen molar-refractivity contribution in [3.8, 4) is 11.5 Å². The Morgan fingerprint density at radius 1 is 1.08 bits per heavy atom. The van der Waals surface area contributed by atoms with Gasteiger partial charge < -0.3 is 9.47 Å². The Bertz CT molecular complexity index is 816. The minimum Gasteiger partial charge on any atom is -0.497 e. The lowest BCUT2D eigenvalue weighted by Crippen LogP contribution is -2.19. The van der Waals surface area contributed by atoms with Gasteiger partial charge in [-0.15, -0.1) is 0 Å². The fourth-order valence-corrected chi connectivity index (χ4v) is 2.06. The van der Waals surface area contributed by atoms with Crippen LogP contribution in [0.25, 0.3) is 0 Å². The Kier molecular flexibility index (Phi) is 5.67. The van der Waals surface area contributed by atoms with Gasteiger partial charge in [-0.05, 0) is 43.3 Å². The first kappa shape index (κ1) is 17.9. The summed E-state index contributed by atoms with van der Waals surface area (Å²) in [5.74, 6) is 0.399. The molecular weight excluding hydrogens is 326 g/mol. The Balaban J connectivity index is 2.16. The van der Waals surface area contributed by atoms with E-state index in [0.717, 1.165) is 0 Å². The van der Waals surface area contributed by atoms with Gasteiger partial charge in [-0.1, -0.05) is 0 Å². The number of hydrogen-bond donors (Lipinski definition) is 1. The smallest absolute Gasteiger partial charge is 0.311 e. The Morgan fingerprint density at radius 3 is 2.28 bits per heavy atom. The number of ether oxygens (including phenoxy) is 2. The highest BCUT2D eigenvalue weighted by Crippen LogP contribution is 2.27. The molecule has 0 unspecified atom stereocenters. The van der Waals surface area contributed by atoms with Crippen LogP contribution in [0.5, 0.6) is 11.5 Å². The van der Waals surface area contributed by atoms with Crippen molar-refractivity contribution in [2.45, 2.75) is 6.92 Å². The van der Waals surface area contributed by atoms with Gasteiger partial charge >= 0.3 is 5.69 Å². The fraction of sp³-hybridized carbons (Fsp3) is 0.176. The van der Waals surface area contributed by atoms with E-state index < -0.39 is 10.8 Å². The molecule has 1 N–H and O–H groups in total. The summed E-state index contributed by atoms with van der Waals surface area (Å²) < 4.78 is 9.98. The highest BCUT2D eigenvalue weighted by atomic mass is 16.6. The quantitative estimate of drug-likeness (QED) is 0.493. The summed E-state index contributed by atoms with van der Waals surface area (Å²) in [5, 5.41) is 15.1. The van der Waals surface area contributed by atoms with Gasteiger partial charge in [0.25, 0.3) is 5.91 Å². The van der Waals surface area contributed by atoms with Crippen molar-refractivity contribution in [1.82, 2.24) is 5.43 Å². The minimum atomic E-state index is -0.536. The first-order valence-corrected chi connectivity index (χ1v) is 7.27. The Labute approximate surface area is 144 Å². The SMILES string of the molecule is COc1ccc(C(=O)N/N=C(/C)c2ccc(OC)c([N+](=O)[O-])c2)cc1. The van der Waals surface area contributed by atoms with Gasteiger partial charge in [0.2, 0.25) is 0 Å². The largest absolute Gasteiger partial charge is 0.497 e. The number of nitrogens with zero attached hydrogens (tertiary/aromatic N) is 2. The van der Waals surface area contributed by atoms with E-state index in [2.05, 4.69) is 10.5 Å². The van der Waals surface area contributed by atoms with E-state index >= 15 is 0 Å². The molecule has 0 radical (unpaired) electrons. The molecule has 1 amide bonds. The summed E-state index contributed by atoms with van der Waals surface area (Å²) in [6, 6.07) is 11.0. The number of carbonyl (C=O) groups is 1. The molecule has 0 aliphatic rings. The van der Waals surface area contributed by atoms with E-state index in [1.807, 2.05) is 0 Å². The molecule has 0 aliphatic heterocycles. The van der Waals surface area contributed by atoms with Crippen LogP contribution in [0.3, 0.4) is 0 Å². The second kappa shape index (κ2) is 7.91. The molecule has 8 nitrogen and oxygen atoms in total. The summed E-state index contributed by atoms with van der Waals surface area (Å²) in [6.45, 7) is 1.64. The molecule has 0 aliphatic carbocycles. The van der Waals surface area contributed by atoms with Crippen molar-refractivity contribution in [3.63, 3.8) is 0 Å². The molecule has 8 heteroatoms. The molecule has 2 rings (SSSR count). The molecule has 0 atom stereocenters. The van der Waals surface area contributed by atoms with Crippen LogP contribution in [0.1, 0.15) is 22.8 Å². The number of methoxy groups -OCH3 is 2. The zero-order valence-electron chi connectivity index (χ0n) is 14.0. The molecule has 0 aromatic heterocycles. The normalized spacial score (nSPS) is 10.9. The lowest BCUT2D eigenvalue weighted by molar-refractivity contribution is -0.385. The number of hydrazone groups is 1. The molecule has 2 aromatic carbocycles. The molecular formula is C17H17N3O5. The number of hydrogen-bond acceptors (Lipinski definition) is 6. The van der Waals surface area contributed by atoms with E-state index in [1.165, 1.54) is 26.4 Å². The maximum absolute atomic E-state index is 12.1. The van der Waals surface area contributed by atoms with Crippen LogP contribution in [0.15, 0.2) is 47.6 Å². The summed E-state index contributed by atoms with van der Waals surface area (Å²) in [7, 11) is 2.90. The van der Waals surface area contributed by atoms with E-state index in [1.54, 1.807) is 37.3 Å². The summed E-state index contributed by atoms with van der Waals surface area (Å²) >= 11 is 0. The second-order valence-electron chi connectivity index (χ2n) is 5.01. The molecule has 0 spiro atoms. The molecule has 0 saturated carbocycles. The number of nitro groups is 1. The molecule has 0 saturated heterocycles. The van der Waals surface area contributed by atoms with E-state index in [-0.39, 0.29) is 11.4 Å². The summed E-state index contributed by atoms with van der Waals surface area (Å²) in [6.07, 6.45) is 0. The van der Waals surface area contributed by atoms with Crippen LogP contribution in [0.4, 0.5) is 5.69 Å². The van der Waals surface area contributed by atoms with Crippen molar-refractivity contribution in [2.75, 3.05) is 14.2 Å². The van der Waals surface area contributed by atoms with Gasteiger partial charge in [0, 0.05) is 17.2 Å². The van der Waals surface area contributed by atoms with Gasteiger partial charge in [-0.25, -0.2) is 5.43 Å². The first-order chi connectivity index (χ1) is 12.0. The Hall–Kier alpha value is -3.42. The predicted octanol–water partition coefficient (Wildman–Crippen LogP) is 2.77. The van der Waals surface area contributed by atoms with Gasteiger partial charge in [0.05, 0.1) is 24.9 Å². The van der Waals surface area contributed by atoms with E-state index in [0.29, 0.717) is 22.6 Å². The van der Waals surface area contributed by atoms with Gasteiger partial charge in [-0.2, -0.15) is 5.10 Å². The van der Waals surface area contributed by atoms with Crippen molar-refractivity contribution in [2.24, 2.45) is 5.10 Å². The van der Waals surface area contributed by atoms with Crippen LogP contribution in [-0.2, 0) is 0 Å². The summed E-state index contributed by atoms with van der Waals surface area (Å²) in [5.41, 5.74) is 3.59. The second-order valence-corrected chi connectivity index (χ2v) is 5.01. The monoisotopic (exact) mass is 343 g/mol. The van der Waals surface area contributed by atoms with Crippen LogP contribution in [0.2, 0.25) is 0 Å². The van der Waals surface area contributed by atoms with Crippen LogP contribution in [0, 0.1) is 10.1 Å². The third kappa shape index (κ3) is 4.31. The van der Waals surface area contributed by atoms with Crippen LogP contribution in [-0.4, -0.2) is 30.8 Å². The van der Waals surface area contributed by atoms with Crippen molar-refractivity contribution >= 4 is 17.3 Å². The molecule has 2 aromatic rings. The van der Waals surface area contributed by atoms with Crippen molar-refractivity contribution in [1.29, 1.82) is 0 Å². The maximum Gasteiger partial charge on any atom is 0.311 e. The minimum absolute atomic E-state index is 0.156. The predicted molar refractivity (Wildman–Crippen MR) is 92.3 cm³/mol. The molecule has 0 fully saturated rings. The number of nitro benzene ring substituents is 1. The average Bonchev–Trinajstić information content (AvgIpc) is 2.65. The molecule has 25 heavy (non-hydrogen) atoms. The van der Waals surface area contributed by atoms with E-state index in [9.17, 15) is 14.9 Å². The van der Waals surface area contributed by atoms with Gasteiger partial charge in [-0.3, -0.25) is 14.9 Å². The third-order valence-electron chi connectivity index (χ3n) is 3.47. The molecule has 0 bridgehead atoms. The number of nitrogens with one attached hydrogen (secondary N) is 1. The number of amides is 1. The number of rotatable bonds is 6. The topological polar surface area (TPSA) is 103 Å². The van der Waals surface area contributed by atoms with Crippen molar-refractivity contribution in [3.05, 3.63) is 63.7 Å². The fourth-order valence-electron chi connectivity index (χ4n) is 2.06. The lowest BCUT2D eigenvalue weighted by Gasteiger charge is -2.06. The van der Waals surface area contributed by atoms with Crippen molar-refractivity contribution < 1.29 is 19.2 Å². The van der Waals surface area contributed by atoms with Crippen LogP contribution < -0.4 is 14.9 Å². The first-order valence-electron chi connectivity index (χ1n) is 7.27. The molecule has 0 heterocycles. The lowest BCUT2D eigenvalue weighted by atomic mass is 10.1. The zero-order chi connectivity index (χ0) is 18.4. The maximum atomic E-state index is 12.1. The standard InChI is InChI=1S/C17H17N3O5/c1-11(13-6-9-16(25-3)15(10-13)20(22)23)18-19-17(21)12-4-7-14(24-2)8-5-12/h4-10H,1-3H3,(H,19,21)/b18-11-. The highest BCUT2D eigenvalue weighted by molar-refractivity contribution is 6.01.